The second kappa shape index (κ2) is 5.88. The molecule has 4 heteroatoms. The highest BCUT2D eigenvalue weighted by Crippen LogP contribution is 2.25. The molecule has 0 radical (unpaired) electrons. The molecule has 0 amide bonds. The number of piperidine rings is 1. The third-order valence-corrected chi connectivity index (χ3v) is 4.94. The quantitative estimate of drug-likeness (QED) is 0.929. The van der Waals surface area contributed by atoms with Crippen LogP contribution in [0.15, 0.2) is 24.0 Å². The van der Waals surface area contributed by atoms with Crippen molar-refractivity contribution >= 4 is 11.3 Å². The monoisotopic (exact) mass is 275 g/mol. The number of nitrogens with one attached hydrogen (secondary N) is 1. The Bertz CT molecular complexity index is 523. The van der Waals surface area contributed by atoms with Crippen molar-refractivity contribution < 1.29 is 0 Å². The zero-order chi connectivity index (χ0) is 13.1. The Labute approximate surface area is 118 Å². The van der Waals surface area contributed by atoms with Gasteiger partial charge in [-0.1, -0.05) is 6.92 Å². The summed E-state index contributed by atoms with van der Waals surface area (Å²) < 4.78 is 2.34. The van der Waals surface area contributed by atoms with Crippen molar-refractivity contribution in [1.29, 1.82) is 0 Å². The molecule has 3 heterocycles. The SMILES string of the molecule is CCc1ccsc1Cn1cncc1C1CCCNC1. The van der Waals surface area contributed by atoms with Crippen LogP contribution < -0.4 is 5.32 Å². The van der Waals surface area contributed by atoms with Gasteiger partial charge in [-0.15, -0.1) is 11.3 Å². The third kappa shape index (κ3) is 2.74. The number of thiophene rings is 1. The van der Waals surface area contributed by atoms with Crippen LogP contribution in [0.25, 0.3) is 0 Å². The first-order valence-electron chi connectivity index (χ1n) is 7.14. The van der Waals surface area contributed by atoms with E-state index in [2.05, 4.69) is 39.4 Å². The summed E-state index contributed by atoms with van der Waals surface area (Å²) in [6.07, 6.45) is 7.71. The smallest absolute Gasteiger partial charge is 0.0951 e. The van der Waals surface area contributed by atoms with E-state index in [-0.39, 0.29) is 0 Å². The summed E-state index contributed by atoms with van der Waals surface area (Å²) in [5.74, 6) is 0.626. The molecule has 102 valence electrons. The summed E-state index contributed by atoms with van der Waals surface area (Å²) in [5, 5.41) is 5.69. The maximum atomic E-state index is 4.37. The predicted octanol–water partition coefficient (Wildman–Crippen LogP) is 3.02. The molecule has 3 rings (SSSR count). The van der Waals surface area contributed by atoms with E-state index in [0.29, 0.717) is 5.92 Å². The molecule has 1 atom stereocenters. The molecular weight excluding hydrogens is 254 g/mol. The van der Waals surface area contributed by atoms with Gasteiger partial charge < -0.3 is 9.88 Å². The fourth-order valence-electron chi connectivity index (χ4n) is 2.88. The molecule has 1 unspecified atom stereocenters. The van der Waals surface area contributed by atoms with E-state index in [4.69, 9.17) is 0 Å². The fraction of sp³-hybridized carbons (Fsp3) is 0.533. The number of nitrogens with zero attached hydrogens (tertiary/aromatic N) is 2. The van der Waals surface area contributed by atoms with E-state index in [1.807, 2.05) is 17.7 Å². The molecule has 1 aliphatic rings. The van der Waals surface area contributed by atoms with Crippen molar-refractivity contribution in [2.45, 2.75) is 38.6 Å². The number of hydrogen-bond donors (Lipinski definition) is 1. The zero-order valence-electron chi connectivity index (χ0n) is 11.4. The van der Waals surface area contributed by atoms with Gasteiger partial charge in [0.25, 0.3) is 0 Å². The van der Waals surface area contributed by atoms with Gasteiger partial charge in [0.05, 0.1) is 12.9 Å². The van der Waals surface area contributed by atoms with E-state index in [9.17, 15) is 0 Å². The Morgan fingerprint density at radius 1 is 1.53 bits per heavy atom. The van der Waals surface area contributed by atoms with Crippen LogP contribution in [-0.2, 0) is 13.0 Å². The molecule has 1 saturated heterocycles. The minimum absolute atomic E-state index is 0.626. The second-order valence-electron chi connectivity index (χ2n) is 5.21. The Morgan fingerprint density at radius 3 is 3.26 bits per heavy atom. The number of hydrogen-bond acceptors (Lipinski definition) is 3. The Kier molecular flexibility index (Phi) is 3.99. The average Bonchev–Trinajstić information content (AvgIpc) is 3.09. The molecule has 0 aliphatic carbocycles. The van der Waals surface area contributed by atoms with Gasteiger partial charge in [0, 0.05) is 29.2 Å². The maximum Gasteiger partial charge on any atom is 0.0951 e. The van der Waals surface area contributed by atoms with Crippen LogP contribution in [0.2, 0.25) is 0 Å². The van der Waals surface area contributed by atoms with Crippen LogP contribution in [-0.4, -0.2) is 22.6 Å². The summed E-state index contributed by atoms with van der Waals surface area (Å²) in [5.41, 5.74) is 2.87. The highest BCUT2D eigenvalue weighted by Gasteiger charge is 2.19. The Morgan fingerprint density at radius 2 is 2.47 bits per heavy atom. The van der Waals surface area contributed by atoms with Crippen LogP contribution >= 0.6 is 11.3 Å². The molecule has 3 nitrogen and oxygen atoms in total. The standard InChI is InChI=1S/C15H21N3S/c1-2-12-5-7-19-15(12)10-18-11-17-9-14(18)13-4-3-6-16-8-13/h5,7,9,11,13,16H,2-4,6,8,10H2,1H3. The lowest BCUT2D eigenvalue weighted by Crippen LogP contribution is -2.29. The lowest BCUT2D eigenvalue weighted by molar-refractivity contribution is 0.444. The molecule has 1 N–H and O–H groups in total. The van der Waals surface area contributed by atoms with Crippen molar-refractivity contribution in [3.63, 3.8) is 0 Å². The normalized spacial score (nSPS) is 19.7. The average molecular weight is 275 g/mol. The number of rotatable bonds is 4. The predicted molar refractivity (Wildman–Crippen MR) is 79.9 cm³/mol. The van der Waals surface area contributed by atoms with Gasteiger partial charge in [0.2, 0.25) is 0 Å². The summed E-state index contributed by atoms with van der Waals surface area (Å²) >= 11 is 1.86. The second-order valence-corrected chi connectivity index (χ2v) is 6.21. The van der Waals surface area contributed by atoms with Crippen molar-refractivity contribution in [1.82, 2.24) is 14.9 Å². The van der Waals surface area contributed by atoms with E-state index >= 15 is 0 Å². The highest BCUT2D eigenvalue weighted by molar-refractivity contribution is 7.10. The molecule has 0 spiro atoms. The van der Waals surface area contributed by atoms with Gasteiger partial charge in [-0.25, -0.2) is 4.98 Å². The summed E-state index contributed by atoms with van der Waals surface area (Å²) in [7, 11) is 0. The van der Waals surface area contributed by atoms with Crippen LogP contribution in [0, 0.1) is 0 Å². The van der Waals surface area contributed by atoms with Crippen molar-refractivity contribution in [2.75, 3.05) is 13.1 Å². The summed E-state index contributed by atoms with van der Waals surface area (Å²) in [6, 6.07) is 2.25. The first kappa shape index (κ1) is 12.9. The van der Waals surface area contributed by atoms with Crippen molar-refractivity contribution in [3.8, 4) is 0 Å². The maximum absolute atomic E-state index is 4.37. The third-order valence-electron chi connectivity index (χ3n) is 3.99. The van der Waals surface area contributed by atoms with Crippen LogP contribution in [0.3, 0.4) is 0 Å². The molecule has 0 bridgehead atoms. The Balaban J connectivity index is 1.80. The first-order chi connectivity index (χ1) is 9.38. The zero-order valence-corrected chi connectivity index (χ0v) is 12.2. The lowest BCUT2D eigenvalue weighted by atomic mass is 9.96. The van der Waals surface area contributed by atoms with Crippen LogP contribution in [0.4, 0.5) is 0 Å². The molecule has 0 aromatic carbocycles. The van der Waals surface area contributed by atoms with Gasteiger partial charge in [-0.2, -0.15) is 0 Å². The van der Waals surface area contributed by atoms with Gasteiger partial charge in [-0.3, -0.25) is 0 Å². The number of imidazole rings is 1. The lowest BCUT2D eigenvalue weighted by Gasteiger charge is -2.23. The van der Waals surface area contributed by atoms with Crippen LogP contribution in [0.5, 0.6) is 0 Å². The van der Waals surface area contributed by atoms with E-state index < -0.39 is 0 Å². The van der Waals surface area contributed by atoms with E-state index in [1.54, 1.807) is 0 Å². The van der Waals surface area contributed by atoms with Gasteiger partial charge in [0.1, 0.15) is 0 Å². The van der Waals surface area contributed by atoms with Crippen molar-refractivity contribution in [3.05, 3.63) is 40.1 Å². The summed E-state index contributed by atoms with van der Waals surface area (Å²) in [4.78, 5) is 5.85. The number of aryl methyl sites for hydroxylation is 1. The molecule has 19 heavy (non-hydrogen) atoms. The summed E-state index contributed by atoms with van der Waals surface area (Å²) in [6.45, 7) is 5.46. The minimum Gasteiger partial charge on any atom is -0.329 e. The first-order valence-corrected chi connectivity index (χ1v) is 8.02. The van der Waals surface area contributed by atoms with Gasteiger partial charge in [0.15, 0.2) is 0 Å². The van der Waals surface area contributed by atoms with Gasteiger partial charge in [-0.05, 0) is 42.8 Å². The number of aromatic nitrogens is 2. The minimum atomic E-state index is 0.626. The van der Waals surface area contributed by atoms with E-state index in [1.165, 1.54) is 29.0 Å². The molecule has 2 aromatic heterocycles. The molecule has 0 saturated carbocycles. The molecule has 1 fully saturated rings. The topological polar surface area (TPSA) is 29.9 Å². The van der Waals surface area contributed by atoms with Crippen LogP contribution in [0.1, 0.15) is 41.8 Å². The van der Waals surface area contributed by atoms with Crippen molar-refractivity contribution in [2.24, 2.45) is 0 Å². The molecule has 2 aromatic rings. The van der Waals surface area contributed by atoms with Gasteiger partial charge >= 0.3 is 0 Å². The molecular formula is C15H21N3S. The molecule has 1 aliphatic heterocycles. The largest absolute Gasteiger partial charge is 0.329 e. The van der Waals surface area contributed by atoms with E-state index in [0.717, 1.165) is 26.1 Å². The highest BCUT2D eigenvalue weighted by atomic mass is 32.1. The Hall–Kier alpha value is -1.13. The fourth-order valence-corrected chi connectivity index (χ4v) is 3.86.